The van der Waals surface area contributed by atoms with Gasteiger partial charge in [0.15, 0.2) is 0 Å². The Balaban J connectivity index is 1.89. The van der Waals surface area contributed by atoms with Crippen LogP contribution in [0, 0.1) is 0 Å². The Labute approximate surface area is 122 Å². The number of amides is 2. The minimum absolute atomic E-state index is 0.124. The molecule has 4 nitrogen and oxygen atoms in total. The molecule has 1 fully saturated rings. The van der Waals surface area contributed by atoms with Gasteiger partial charge in [0.05, 0.1) is 11.2 Å². The number of fused-ring (bicyclic) bond motifs is 1. The molecule has 2 amide bonds. The number of anilines is 1. The Morgan fingerprint density at radius 3 is 2.90 bits per heavy atom. The van der Waals surface area contributed by atoms with Crippen LogP contribution in [0.5, 0.6) is 0 Å². The number of nitrogens with one attached hydrogen (secondary N) is 2. The standard InChI is InChI=1S/C15H17N3OS/c1-20-13-8-7-12-11(6-3-9-16-12)14(13)18-15(19)17-10-4-2-5-10/h3,6-10H,2,4-5H2,1H3,(H2,17,18,19). The van der Waals surface area contributed by atoms with Gasteiger partial charge < -0.3 is 10.6 Å². The third-order valence-corrected chi connectivity index (χ3v) is 4.43. The van der Waals surface area contributed by atoms with E-state index < -0.39 is 0 Å². The zero-order chi connectivity index (χ0) is 13.9. The minimum atomic E-state index is -0.124. The lowest BCUT2D eigenvalue weighted by Gasteiger charge is -2.26. The zero-order valence-corrected chi connectivity index (χ0v) is 12.2. The number of aromatic nitrogens is 1. The maximum atomic E-state index is 12.1. The Kier molecular flexibility index (Phi) is 3.78. The van der Waals surface area contributed by atoms with Gasteiger partial charge in [0.2, 0.25) is 0 Å². The van der Waals surface area contributed by atoms with Gasteiger partial charge >= 0.3 is 6.03 Å². The van der Waals surface area contributed by atoms with Crippen molar-refractivity contribution in [3.05, 3.63) is 30.5 Å². The lowest BCUT2D eigenvalue weighted by molar-refractivity contribution is 0.240. The van der Waals surface area contributed by atoms with E-state index in [2.05, 4.69) is 15.6 Å². The average molecular weight is 287 g/mol. The smallest absolute Gasteiger partial charge is 0.319 e. The number of urea groups is 1. The van der Waals surface area contributed by atoms with Crippen LogP contribution in [0.4, 0.5) is 10.5 Å². The molecule has 0 spiro atoms. The zero-order valence-electron chi connectivity index (χ0n) is 11.3. The maximum Gasteiger partial charge on any atom is 0.319 e. The van der Waals surface area contributed by atoms with E-state index in [0.29, 0.717) is 6.04 Å². The number of hydrogen-bond donors (Lipinski definition) is 2. The van der Waals surface area contributed by atoms with Crippen molar-refractivity contribution in [2.24, 2.45) is 0 Å². The number of rotatable bonds is 3. The summed E-state index contributed by atoms with van der Waals surface area (Å²) in [5, 5.41) is 6.97. The van der Waals surface area contributed by atoms with Crippen molar-refractivity contribution < 1.29 is 4.79 Å². The van der Waals surface area contributed by atoms with Crippen molar-refractivity contribution in [1.82, 2.24) is 10.3 Å². The second-order valence-electron chi connectivity index (χ2n) is 4.94. The molecule has 0 radical (unpaired) electrons. The second-order valence-corrected chi connectivity index (χ2v) is 5.79. The van der Waals surface area contributed by atoms with Crippen LogP contribution in [0.15, 0.2) is 35.4 Å². The third-order valence-electron chi connectivity index (χ3n) is 3.65. The first kappa shape index (κ1) is 13.2. The van der Waals surface area contributed by atoms with Gasteiger partial charge in [0.1, 0.15) is 0 Å². The second kappa shape index (κ2) is 5.71. The molecule has 3 rings (SSSR count). The number of nitrogens with zero attached hydrogens (tertiary/aromatic N) is 1. The van der Waals surface area contributed by atoms with E-state index >= 15 is 0 Å². The number of hydrogen-bond acceptors (Lipinski definition) is 3. The summed E-state index contributed by atoms with van der Waals surface area (Å²) in [4.78, 5) is 17.5. The van der Waals surface area contributed by atoms with Crippen LogP contribution in [-0.2, 0) is 0 Å². The van der Waals surface area contributed by atoms with Crippen LogP contribution in [0.1, 0.15) is 19.3 Å². The van der Waals surface area contributed by atoms with Crippen LogP contribution in [0.25, 0.3) is 10.9 Å². The van der Waals surface area contributed by atoms with E-state index in [4.69, 9.17) is 0 Å². The fourth-order valence-electron chi connectivity index (χ4n) is 2.32. The molecule has 0 unspecified atom stereocenters. The minimum Gasteiger partial charge on any atom is -0.335 e. The molecule has 104 valence electrons. The van der Waals surface area contributed by atoms with Crippen LogP contribution in [-0.4, -0.2) is 23.3 Å². The van der Waals surface area contributed by atoms with E-state index in [9.17, 15) is 4.79 Å². The highest BCUT2D eigenvalue weighted by Gasteiger charge is 2.20. The molecule has 1 aromatic heterocycles. The largest absolute Gasteiger partial charge is 0.335 e. The van der Waals surface area contributed by atoms with E-state index in [1.54, 1.807) is 18.0 Å². The number of carbonyl (C=O) groups is 1. The fourth-order valence-corrected chi connectivity index (χ4v) is 2.89. The fraction of sp³-hybridized carbons (Fsp3) is 0.333. The number of carbonyl (C=O) groups excluding carboxylic acids is 1. The molecule has 1 aromatic carbocycles. The van der Waals surface area contributed by atoms with Crippen LogP contribution in [0.2, 0.25) is 0 Å². The number of thioether (sulfide) groups is 1. The van der Waals surface area contributed by atoms with Gasteiger partial charge in [-0.3, -0.25) is 4.98 Å². The Morgan fingerprint density at radius 1 is 1.35 bits per heavy atom. The van der Waals surface area contributed by atoms with Gasteiger partial charge in [0, 0.05) is 22.5 Å². The highest BCUT2D eigenvalue weighted by atomic mass is 32.2. The molecule has 1 saturated carbocycles. The molecule has 0 aliphatic heterocycles. The van der Waals surface area contributed by atoms with Crippen molar-refractivity contribution >= 4 is 34.4 Å². The summed E-state index contributed by atoms with van der Waals surface area (Å²) in [5.41, 5.74) is 1.74. The third kappa shape index (κ3) is 2.58. The summed E-state index contributed by atoms with van der Waals surface area (Å²) in [6, 6.07) is 8.07. The van der Waals surface area contributed by atoms with Crippen molar-refractivity contribution in [3.8, 4) is 0 Å². The predicted octanol–water partition coefficient (Wildman–Crippen LogP) is 3.63. The first-order valence-electron chi connectivity index (χ1n) is 6.77. The van der Waals surface area contributed by atoms with Gasteiger partial charge in [0.25, 0.3) is 0 Å². The Bertz CT molecular complexity index is 640. The van der Waals surface area contributed by atoms with Crippen LogP contribution < -0.4 is 10.6 Å². The van der Waals surface area contributed by atoms with E-state index in [0.717, 1.165) is 34.3 Å². The molecule has 2 aromatic rings. The summed E-state index contributed by atoms with van der Waals surface area (Å²) in [6.45, 7) is 0. The summed E-state index contributed by atoms with van der Waals surface area (Å²) in [6.07, 6.45) is 7.14. The van der Waals surface area contributed by atoms with Gasteiger partial charge in [-0.1, -0.05) is 0 Å². The molecule has 1 heterocycles. The number of benzene rings is 1. The predicted molar refractivity (Wildman–Crippen MR) is 83.3 cm³/mol. The van der Waals surface area contributed by atoms with Gasteiger partial charge in [-0.25, -0.2) is 4.79 Å². The molecule has 2 N–H and O–H groups in total. The summed E-state index contributed by atoms with van der Waals surface area (Å²) in [7, 11) is 0. The quantitative estimate of drug-likeness (QED) is 0.848. The Morgan fingerprint density at radius 2 is 2.20 bits per heavy atom. The molecule has 5 heteroatoms. The first-order chi connectivity index (χ1) is 9.78. The highest BCUT2D eigenvalue weighted by molar-refractivity contribution is 7.98. The normalized spacial score (nSPS) is 14.8. The SMILES string of the molecule is CSc1ccc2ncccc2c1NC(=O)NC1CCC1. The topological polar surface area (TPSA) is 54.0 Å². The highest BCUT2D eigenvalue weighted by Crippen LogP contribution is 2.32. The van der Waals surface area contributed by atoms with Crippen LogP contribution in [0.3, 0.4) is 0 Å². The Hall–Kier alpha value is -1.75. The van der Waals surface area contributed by atoms with Gasteiger partial charge in [-0.15, -0.1) is 11.8 Å². The molecular weight excluding hydrogens is 270 g/mol. The van der Waals surface area contributed by atoms with E-state index in [1.807, 2.05) is 30.5 Å². The van der Waals surface area contributed by atoms with Crippen molar-refractivity contribution in [1.29, 1.82) is 0 Å². The molecule has 1 aliphatic carbocycles. The maximum absolute atomic E-state index is 12.1. The monoisotopic (exact) mass is 287 g/mol. The lowest BCUT2D eigenvalue weighted by atomic mass is 9.93. The van der Waals surface area contributed by atoms with Gasteiger partial charge in [-0.05, 0) is 49.8 Å². The molecule has 0 bridgehead atoms. The average Bonchev–Trinajstić information content (AvgIpc) is 2.43. The van der Waals surface area contributed by atoms with E-state index in [-0.39, 0.29) is 6.03 Å². The molecule has 1 aliphatic rings. The van der Waals surface area contributed by atoms with Crippen molar-refractivity contribution in [2.75, 3.05) is 11.6 Å². The van der Waals surface area contributed by atoms with Crippen molar-refractivity contribution in [2.45, 2.75) is 30.2 Å². The molecule has 0 saturated heterocycles. The molecular formula is C15H17N3OS. The van der Waals surface area contributed by atoms with Crippen molar-refractivity contribution in [3.63, 3.8) is 0 Å². The summed E-state index contributed by atoms with van der Waals surface area (Å²) in [5.74, 6) is 0. The number of pyridine rings is 1. The molecule has 20 heavy (non-hydrogen) atoms. The summed E-state index contributed by atoms with van der Waals surface area (Å²) >= 11 is 1.62. The summed E-state index contributed by atoms with van der Waals surface area (Å²) < 4.78 is 0. The van der Waals surface area contributed by atoms with Gasteiger partial charge in [-0.2, -0.15) is 0 Å². The lowest BCUT2D eigenvalue weighted by Crippen LogP contribution is -2.41. The van der Waals surface area contributed by atoms with Crippen LogP contribution >= 0.6 is 11.8 Å². The molecule has 0 atom stereocenters. The first-order valence-corrected chi connectivity index (χ1v) is 7.99. The van der Waals surface area contributed by atoms with E-state index in [1.165, 1.54) is 6.42 Å².